The molecule has 122 valence electrons. The van der Waals surface area contributed by atoms with Crippen LogP contribution in [0.4, 0.5) is 5.69 Å². The largest absolute Gasteiger partial charge is 0.497 e. The van der Waals surface area contributed by atoms with Crippen molar-refractivity contribution < 1.29 is 4.74 Å². The van der Waals surface area contributed by atoms with Crippen LogP contribution in [0.25, 0.3) is 5.57 Å². The number of nitrogens with zero attached hydrogens (tertiary/aromatic N) is 1. The second-order valence-corrected chi connectivity index (χ2v) is 5.47. The van der Waals surface area contributed by atoms with Crippen LogP contribution in [0.15, 0.2) is 60.3 Å². The molecule has 0 saturated carbocycles. The van der Waals surface area contributed by atoms with Gasteiger partial charge in [-0.05, 0) is 36.8 Å². The number of hydrogen-bond donors (Lipinski definition) is 2. The SMILES string of the molecule is COc1ccc(NC(=S)/C(=C(/C)NCC#N)c2ccccc2)cc1. The van der Waals surface area contributed by atoms with Gasteiger partial charge >= 0.3 is 0 Å². The van der Waals surface area contributed by atoms with E-state index in [9.17, 15) is 0 Å². The average molecular weight is 337 g/mol. The van der Waals surface area contributed by atoms with Gasteiger partial charge in [-0.25, -0.2) is 0 Å². The van der Waals surface area contributed by atoms with Gasteiger partial charge in [0.2, 0.25) is 0 Å². The number of nitrogens with one attached hydrogen (secondary N) is 2. The molecule has 0 bridgehead atoms. The average Bonchev–Trinajstić information content (AvgIpc) is 2.61. The van der Waals surface area contributed by atoms with E-state index in [4.69, 9.17) is 22.2 Å². The standard InChI is InChI=1S/C19H19N3OS/c1-14(21-13-12-20)18(15-6-4-3-5-7-15)19(24)22-16-8-10-17(23-2)11-9-16/h3-11,21H,13H2,1-2H3,(H,22,24)/b18-14-. The summed E-state index contributed by atoms with van der Waals surface area (Å²) >= 11 is 5.60. The zero-order chi connectivity index (χ0) is 17.4. The molecule has 0 unspecified atom stereocenters. The Balaban J connectivity index is 2.29. The number of anilines is 1. The van der Waals surface area contributed by atoms with Gasteiger partial charge in [-0.1, -0.05) is 42.5 Å². The van der Waals surface area contributed by atoms with Crippen LogP contribution in [0.3, 0.4) is 0 Å². The summed E-state index contributed by atoms with van der Waals surface area (Å²) in [5.74, 6) is 0.789. The summed E-state index contributed by atoms with van der Waals surface area (Å²) in [7, 11) is 1.63. The molecule has 2 N–H and O–H groups in total. The first-order valence-corrected chi connectivity index (χ1v) is 7.89. The summed E-state index contributed by atoms with van der Waals surface area (Å²) in [6, 6.07) is 19.5. The molecule has 4 nitrogen and oxygen atoms in total. The molecule has 0 amide bonds. The van der Waals surface area contributed by atoms with Gasteiger partial charge in [-0.2, -0.15) is 5.26 Å². The fourth-order valence-corrected chi connectivity index (χ4v) is 2.64. The van der Waals surface area contributed by atoms with Crippen LogP contribution in [0, 0.1) is 11.3 Å². The second kappa shape index (κ2) is 8.70. The number of nitriles is 1. The van der Waals surface area contributed by atoms with Crippen LogP contribution in [-0.2, 0) is 0 Å². The van der Waals surface area contributed by atoms with Crippen molar-refractivity contribution in [1.82, 2.24) is 5.32 Å². The maximum absolute atomic E-state index is 8.80. The highest BCUT2D eigenvalue weighted by atomic mass is 32.1. The molecule has 0 aliphatic heterocycles. The first-order chi connectivity index (χ1) is 11.7. The molecule has 0 radical (unpaired) electrons. The van der Waals surface area contributed by atoms with E-state index in [1.54, 1.807) is 7.11 Å². The summed E-state index contributed by atoms with van der Waals surface area (Å²) in [4.78, 5) is 0.592. The van der Waals surface area contributed by atoms with Gasteiger partial charge in [0.25, 0.3) is 0 Å². The van der Waals surface area contributed by atoms with Crippen molar-refractivity contribution in [2.45, 2.75) is 6.92 Å². The minimum absolute atomic E-state index is 0.229. The molecule has 0 aliphatic rings. The van der Waals surface area contributed by atoms with Crippen molar-refractivity contribution in [3.63, 3.8) is 0 Å². The first-order valence-electron chi connectivity index (χ1n) is 7.48. The molecule has 0 saturated heterocycles. The van der Waals surface area contributed by atoms with E-state index in [1.165, 1.54) is 0 Å². The minimum Gasteiger partial charge on any atom is -0.497 e. The zero-order valence-electron chi connectivity index (χ0n) is 13.7. The summed E-state index contributed by atoms with van der Waals surface area (Å²) in [6.07, 6.45) is 0. The summed E-state index contributed by atoms with van der Waals surface area (Å²) < 4.78 is 5.16. The van der Waals surface area contributed by atoms with E-state index in [1.807, 2.05) is 61.5 Å². The van der Waals surface area contributed by atoms with Crippen molar-refractivity contribution in [1.29, 1.82) is 5.26 Å². The predicted octanol–water partition coefficient (Wildman–Crippen LogP) is 3.98. The van der Waals surface area contributed by atoms with Crippen LogP contribution in [0.1, 0.15) is 12.5 Å². The Kier molecular flexibility index (Phi) is 6.35. The summed E-state index contributed by atoms with van der Waals surface area (Å²) in [5.41, 5.74) is 3.60. The van der Waals surface area contributed by atoms with Crippen molar-refractivity contribution in [2.24, 2.45) is 0 Å². The fraction of sp³-hybridized carbons (Fsp3) is 0.158. The second-order valence-electron chi connectivity index (χ2n) is 5.06. The highest BCUT2D eigenvalue weighted by Gasteiger charge is 2.12. The number of allylic oxidation sites excluding steroid dienone is 1. The third kappa shape index (κ3) is 4.58. The molecule has 0 aromatic heterocycles. The van der Waals surface area contributed by atoms with Crippen LogP contribution in [-0.4, -0.2) is 18.6 Å². The molecule has 2 aromatic rings. The van der Waals surface area contributed by atoms with Gasteiger partial charge in [0, 0.05) is 17.0 Å². The quantitative estimate of drug-likeness (QED) is 0.474. The third-order valence-electron chi connectivity index (χ3n) is 3.45. The molecule has 2 rings (SSSR count). The minimum atomic E-state index is 0.229. The molecule has 0 spiro atoms. The first kappa shape index (κ1) is 17.5. The number of methoxy groups -OCH3 is 1. The Labute approximate surface area is 147 Å². The third-order valence-corrected chi connectivity index (χ3v) is 3.75. The molecule has 2 aromatic carbocycles. The van der Waals surface area contributed by atoms with Gasteiger partial charge in [0.05, 0.1) is 13.2 Å². The number of hydrogen-bond acceptors (Lipinski definition) is 4. The van der Waals surface area contributed by atoms with Gasteiger partial charge in [0.15, 0.2) is 0 Å². The Hall–Kier alpha value is -2.84. The van der Waals surface area contributed by atoms with Gasteiger partial charge < -0.3 is 15.4 Å². The molecule has 0 heterocycles. The number of ether oxygens (including phenoxy) is 1. The molecular formula is C19H19N3OS. The molecule has 5 heteroatoms. The van der Waals surface area contributed by atoms with Crippen molar-refractivity contribution >= 4 is 28.5 Å². The lowest BCUT2D eigenvalue weighted by molar-refractivity contribution is 0.415. The monoisotopic (exact) mass is 337 g/mol. The Morgan fingerprint density at radius 3 is 2.38 bits per heavy atom. The smallest absolute Gasteiger partial charge is 0.119 e. The maximum atomic E-state index is 8.80. The molecule has 24 heavy (non-hydrogen) atoms. The Morgan fingerprint density at radius 2 is 1.79 bits per heavy atom. The van der Waals surface area contributed by atoms with E-state index in [0.717, 1.165) is 28.3 Å². The topological polar surface area (TPSA) is 57.1 Å². The van der Waals surface area contributed by atoms with Crippen LogP contribution >= 0.6 is 12.2 Å². The normalized spacial score (nSPS) is 11.0. The molecule has 0 atom stereocenters. The van der Waals surface area contributed by atoms with Crippen LogP contribution in [0.2, 0.25) is 0 Å². The molecule has 0 fully saturated rings. The maximum Gasteiger partial charge on any atom is 0.119 e. The summed E-state index contributed by atoms with van der Waals surface area (Å²) in [5, 5.41) is 15.1. The Morgan fingerprint density at radius 1 is 1.12 bits per heavy atom. The van der Waals surface area contributed by atoms with Crippen molar-refractivity contribution in [2.75, 3.05) is 19.0 Å². The molecule has 0 aliphatic carbocycles. The zero-order valence-corrected chi connectivity index (χ0v) is 14.5. The number of thiocarbonyl (C=S) groups is 1. The predicted molar refractivity (Wildman–Crippen MR) is 102 cm³/mol. The lowest BCUT2D eigenvalue weighted by Crippen LogP contribution is -2.19. The van der Waals surface area contributed by atoms with E-state index in [2.05, 4.69) is 16.7 Å². The van der Waals surface area contributed by atoms with E-state index in [-0.39, 0.29) is 6.54 Å². The van der Waals surface area contributed by atoms with Gasteiger partial charge in [-0.15, -0.1) is 0 Å². The lowest BCUT2D eigenvalue weighted by atomic mass is 10.0. The van der Waals surface area contributed by atoms with Gasteiger partial charge in [0.1, 0.15) is 17.3 Å². The van der Waals surface area contributed by atoms with Crippen LogP contribution < -0.4 is 15.4 Å². The van der Waals surface area contributed by atoms with Crippen LogP contribution in [0.5, 0.6) is 5.75 Å². The highest BCUT2D eigenvalue weighted by molar-refractivity contribution is 7.81. The number of rotatable bonds is 6. The van der Waals surface area contributed by atoms with Gasteiger partial charge in [-0.3, -0.25) is 0 Å². The van der Waals surface area contributed by atoms with Crippen molar-refractivity contribution in [3.8, 4) is 11.8 Å². The molecular weight excluding hydrogens is 318 g/mol. The lowest BCUT2D eigenvalue weighted by Gasteiger charge is -2.16. The van der Waals surface area contributed by atoms with E-state index < -0.39 is 0 Å². The Bertz CT molecular complexity index is 761. The van der Waals surface area contributed by atoms with E-state index in [0.29, 0.717) is 4.99 Å². The van der Waals surface area contributed by atoms with Crippen molar-refractivity contribution in [3.05, 3.63) is 65.9 Å². The van der Waals surface area contributed by atoms with E-state index >= 15 is 0 Å². The fourth-order valence-electron chi connectivity index (χ4n) is 2.25. The number of benzene rings is 2. The summed E-state index contributed by atoms with van der Waals surface area (Å²) in [6.45, 7) is 2.15. The highest BCUT2D eigenvalue weighted by Crippen LogP contribution is 2.22.